The molecule has 0 aromatic carbocycles. The van der Waals surface area contributed by atoms with E-state index in [9.17, 15) is 0 Å². The van der Waals surface area contributed by atoms with Crippen molar-refractivity contribution >= 4 is 5.95 Å². The summed E-state index contributed by atoms with van der Waals surface area (Å²) in [6.07, 6.45) is 1.06. The van der Waals surface area contributed by atoms with Gasteiger partial charge in [-0.25, -0.2) is 0 Å². The van der Waals surface area contributed by atoms with Gasteiger partial charge in [0.05, 0.1) is 20.8 Å². The normalized spacial score (nSPS) is 19.1. The second-order valence-corrected chi connectivity index (χ2v) is 3.74. The molecule has 0 bridgehead atoms. The first-order chi connectivity index (χ1) is 8.31. The van der Waals surface area contributed by atoms with Crippen LogP contribution in [-0.4, -0.2) is 48.9 Å². The summed E-state index contributed by atoms with van der Waals surface area (Å²) in [5, 5.41) is 3.13. The molecule has 0 saturated carbocycles. The van der Waals surface area contributed by atoms with Crippen molar-refractivity contribution in [1.82, 2.24) is 15.0 Å². The molecule has 0 spiro atoms. The number of rotatable bonds is 5. The molecular weight excluding hydrogens is 224 g/mol. The summed E-state index contributed by atoms with van der Waals surface area (Å²) in [7, 11) is 3.01. The minimum atomic E-state index is 0.238. The SMILES string of the molecule is COc1nc(NCC2CCOC2)nc(OC)n1. The lowest BCUT2D eigenvalue weighted by Gasteiger charge is -2.10. The highest BCUT2D eigenvalue weighted by Gasteiger charge is 2.16. The number of nitrogens with one attached hydrogen (secondary N) is 1. The number of hydrogen-bond acceptors (Lipinski definition) is 7. The largest absolute Gasteiger partial charge is 0.467 e. The fourth-order valence-corrected chi connectivity index (χ4v) is 1.58. The van der Waals surface area contributed by atoms with Crippen molar-refractivity contribution < 1.29 is 14.2 Å². The quantitative estimate of drug-likeness (QED) is 0.794. The maximum atomic E-state index is 5.29. The number of aromatic nitrogens is 3. The second-order valence-electron chi connectivity index (χ2n) is 3.74. The summed E-state index contributed by atoms with van der Waals surface area (Å²) in [6, 6.07) is 0.476. The Kier molecular flexibility index (Phi) is 3.92. The molecule has 17 heavy (non-hydrogen) atoms. The zero-order valence-electron chi connectivity index (χ0n) is 9.97. The zero-order valence-corrected chi connectivity index (χ0v) is 9.97. The van der Waals surface area contributed by atoms with Crippen LogP contribution in [0.25, 0.3) is 0 Å². The summed E-state index contributed by atoms with van der Waals surface area (Å²) in [5.41, 5.74) is 0. The summed E-state index contributed by atoms with van der Waals surface area (Å²) in [4.78, 5) is 12.1. The third-order valence-corrected chi connectivity index (χ3v) is 2.53. The number of hydrogen-bond donors (Lipinski definition) is 1. The molecule has 7 heteroatoms. The minimum absolute atomic E-state index is 0.238. The van der Waals surface area contributed by atoms with Crippen LogP contribution in [0.3, 0.4) is 0 Å². The molecule has 94 valence electrons. The van der Waals surface area contributed by atoms with Gasteiger partial charge >= 0.3 is 12.0 Å². The van der Waals surface area contributed by atoms with Gasteiger partial charge in [-0.15, -0.1) is 4.98 Å². The molecule has 0 radical (unpaired) electrons. The Labute approximate surface area is 99.5 Å². The van der Waals surface area contributed by atoms with Gasteiger partial charge in [-0.2, -0.15) is 9.97 Å². The van der Waals surface area contributed by atoms with E-state index >= 15 is 0 Å². The maximum Gasteiger partial charge on any atom is 0.324 e. The molecule has 1 unspecified atom stereocenters. The lowest BCUT2D eigenvalue weighted by atomic mass is 10.1. The molecule has 1 aromatic rings. The molecule has 1 atom stereocenters. The summed E-state index contributed by atoms with van der Waals surface area (Å²) >= 11 is 0. The van der Waals surface area contributed by atoms with Crippen LogP contribution in [0.2, 0.25) is 0 Å². The van der Waals surface area contributed by atoms with E-state index in [-0.39, 0.29) is 12.0 Å². The monoisotopic (exact) mass is 240 g/mol. The van der Waals surface area contributed by atoms with Crippen LogP contribution in [-0.2, 0) is 4.74 Å². The summed E-state index contributed by atoms with van der Waals surface area (Å²) in [5.74, 6) is 0.962. The Hall–Kier alpha value is -1.63. The standard InChI is InChI=1S/C10H16N4O3/c1-15-9-12-8(13-10(14-9)16-2)11-5-7-3-4-17-6-7/h7H,3-6H2,1-2H3,(H,11,12,13,14). The maximum absolute atomic E-state index is 5.29. The van der Waals surface area contributed by atoms with Crippen LogP contribution in [0.1, 0.15) is 6.42 Å². The predicted octanol–water partition coefficient (Wildman–Crippen LogP) is 0.337. The molecule has 1 aliphatic heterocycles. The topological polar surface area (TPSA) is 78.4 Å². The Morgan fingerprint density at radius 1 is 1.24 bits per heavy atom. The first-order valence-electron chi connectivity index (χ1n) is 5.47. The van der Waals surface area contributed by atoms with E-state index < -0.39 is 0 Å². The summed E-state index contributed by atoms with van der Waals surface area (Å²) in [6.45, 7) is 2.39. The van der Waals surface area contributed by atoms with Gasteiger partial charge in [0.1, 0.15) is 0 Å². The third kappa shape index (κ3) is 3.16. The van der Waals surface area contributed by atoms with Gasteiger partial charge in [0.25, 0.3) is 0 Å². The number of ether oxygens (including phenoxy) is 3. The first kappa shape index (κ1) is 11.8. The highest BCUT2D eigenvalue weighted by molar-refractivity contribution is 5.27. The fourth-order valence-electron chi connectivity index (χ4n) is 1.58. The molecule has 0 aliphatic carbocycles. The molecule has 1 saturated heterocycles. The van der Waals surface area contributed by atoms with Crippen molar-refractivity contribution in [2.75, 3.05) is 39.3 Å². The van der Waals surface area contributed by atoms with Crippen molar-refractivity contribution in [1.29, 1.82) is 0 Å². The molecule has 2 heterocycles. The van der Waals surface area contributed by atoms with Crippen molar-refractivity contribution in [3.63, 3.8) is 0 Å². The van der Waals surface area contributed by atoms with Crippen molar-refractivity contribution in [2.24, 2.45) is 5.92 Å². The molecule has 0 amide bonds. The van der Waals surface area contributed by atoms with Gasteiger partial charge in [-0.3, -0.25) is 0 Å². The first-order valence-corrected chi connectivity index (χ1v) is 5.47. The van der Waals surface area contributed by atoms with Crippen molar-refractivity contribution in [3.8, 4) is 12.0 Å². The average Bonchev–Trinajstić information content (AvgIpc) is 2.89. The highest BCUT2D eigenvalue weighted by Crippen LogP contribution is 2.15. The van der Waals surface area contributed by atoms with Crippen LogP contribution in [0.4, 0.5) is 5.95 Å². The van der Waals surface area contributed by atoms with E-state index in [0.717, 1.165) is 26.2 Å². The minimum Gasteiger partial charge on any atom is -0.467 e. The Balaban J connectivity index is 1.98. The smallest absolute Gasteiger partial charge is 0.324 e. The van der Waals surface area contributed by atoms with Gasteiger partial charge in [0.15, 0.2) is 0 Å². The van der Waals surface area contributed by atoms with Crippen molar-refractivity contribution in [2.45, 2.75) is 6.42 Å². The second kappa shape index (κ2) is 5.62. The van der Waals surface area contributed by atoms with Crippen LogP contribution in [0.5, 0.6) is 12.0 Å². The van der Waals surface area contributed by atoms with Gasteiger partial charge in [0, 0.05) is 19.1 Å². The number of nitrogens with zero attached hydrogens (tertiary/aromatic N) is 3. The van der Waals surface area contributed by atoms with Crippen molar-refractivity contribution in [3.05, 3.63) is 0 Å². The summed E-state index contributed by atoms with van der Waals surface area (Å²) < 4.78 is 15.2. The predicted molar refractivity (Wildman–Crippen MR) is 60.3 cm³/mol. The Morgan fingerprint density at radius 3 is 2.47 bits per heavy atom. The van der Waals surface area contributed by atoms with Gasteiger partial charge in [-0.1, -0.05) is 0 Å². The Bertz CT molecular complexity index is 346. The zero-order chi connectivity index (χ0) is 12.1. The third-order valence-electron chi connectivity index (χ3n) is 2.53. The van der Waals surface area contributed by atoms with Crippen LogP contribution in [0.15, 0.2) is 0 Å². The van der Waals surface area contributed by atoms with Crippen LogP contribution in [0, 0.1) is 5.92 Å². The lowest BCUT2D eigenvalue weighted by Crippen LogP contribution is -2.16. The van der Waals surface area contributed by atoms with E-state index in [1.165, 1.54) is 14.2 Å². The average molecular weight is 240 g/mol. The van der Waals surface area contributed by atoms with Crippen LogP contribution >= 0.6 is 0 Å². The highest BCUT2D eigenvalue weighted by atomic mass is 16.5. The number of methoxy groups -OCH3 is 2. The van der Waals surface area contributed by atoms with E-state index in [2.05, 4.69) is 20.3 Å². The van der Waals surface area contributed by atoms with Crippen LogP contribution < -0.4 is 14.8 Å². The van der Waals surface area contributed by atoms with E-state index in [1.54, 1.807) is 0 Å². The molecule has 2 rings (SSSR count). The molecule has 1 aliphatic rings. The molecule has 1 aromatic heterocycles. The fraction of sp³-hybridized carbons (Fsp3) is 0.700. The lowest BCUT2D eigenvalue weighted by molar-refractivity contribution is 0.187. The van der Waals surface area contributed by atoms with Gasteiger partial charge in [0.2, 0.25) is 5.95 Å². The molecule has 1 N–H and O–H groups in total. The molecular formula is C10H16N4O3. The van der Waals surface area contributed by atoms with Gasteiger partial charge in [-0.05, 0) is 6.42 Å². The van der Waals surface area contributed by atoms with E-state index in [4.69, 9.17) is 14.2 Å². The number of anilines is 1. The van der Waals surface area contributed by atoms with Gasteiger partial charge < -0.3 is 19.5 Å². The van der Waals surface area contributed by atoms with E-state index in [1.807, 2.05) is 0 Å². The molecule has 7 nitrogen and oxygen atoms in total. The molecule has 1 fully saturated rings. The van der Waals surface area contributed by atoms with E-state index in [0.29, 0.717) is 11.9 Å². The Morgan fingerprint density at radius 2 is 1.94 bits per heavy atom.